The van der Waals surface area contributed by atoms with Crippen LogP contribution in [-0.2, 0) is 5.60 Å². The van der Waals surface area contributed by atoms with E-state index in [1.54, 1.807) is 0 Å². The van der Waals surface area contributed by atoms with Gasteiger partial charge >= 0.3 is 0 Å². The summed E-state index contributed by atoms with van der Waals surface area (Å²) in [5.41, 5.74) is -0.00139. The fraction of sp³-hybridized carbons (Fsp3) is 0.538. The normalized spacial score (nSPS) is 17.1. The summed E-state index contributed by atoms with van der Waals surface area (Å²) < 4.78 is 0. The maximum absolute atomic E-state index is 10.6. The van der Waals surface area contributed by atoms with Crippen LogP contribution in [0.25, 0.3) is 0 Å². The molecule has 0 radical (unpaired) electrons. The molecular weight excluding hydrogens is 188 g/mol. The highest BCUT2D eigenvalue weighted by Crippen LogP contribution is 2.34. The van der Waals surface area contributed by atoms with Crippen LogP contribution >= 0.6 is 0 Å². The predicted molar refractivity (Wildman–Crippen MR) is 61.5 cm³/mol. The van der Waals surface area contributed by atoms with Crippen LogP contribution in [0.5, 0.6) is 0 Å². The van der Waals surface area contributed by atoms with Gasteiger partial charge in [-0.05, 0) is 18.4 Å². The Labute approximate surface area is 91.6 Å². The van der Waals surface area contributed by atoms with Crippen molar-refractivity contribution < 1.29 is 10.2 Å². The highest BCUT2D eigenvalue weighted by molar-refractivity contribution is 5.23. The zero-order valence-corrected chi connectivity index (χ0v) is 9.48. The lowest BCUT2D eigenvalue weighted by atomic mass is 9.78. The van der Waals surface area contributed by atoms with Gasteiger partial charge in [0.1, 0.15) is 0 Å². The van der Waals surface area contributed by atoms with Crippen LogP contribution < -0.4 is 0 Å². The standard InChI is InChI=1S/C13H20O2/c1-3-11(10-14)13(15,4-2)12-8-6-5-7-9-12/h5-9,11,14-15H,3-4,10H2,1-2H3/t11-,13+/m1/s1. The first-order valence-corrected chi connectivity index (χ1v) is 5.57. The molecule has 0 aliphatic rings. The third-order valence-corrected chi connectivity index (χ3v) is 3.20. The SMILES string of the molecule is CC[C@H](CO)[C@@](O)(CC)c1ccccc1. The van der Waals surface area contributed by atoms with Gasteiger partial charge < -0.3 is 10.2 Å². The molecule has 2 heteroatoms. The molecule has 1 rings (SSSR count). The lowest BCUT2D eigenvalue weighted by molar-refractivity contribution is -0.0501. The first kappa shape index (κ1) is 12.2. The molecule has 0 unspecified atom stereocenters. The summed E-state index contributed by atoms with van der Waals surface area (Å²) in [5.74, 6) is -0.0927. The fourth-order valence-corrected chi connectivity index (χ4v) is 2.07. The van der Waals surface area contributed by atoms with Crippen molar-refractivity contribution in [3.05, 3.63) is 35.9 Å². The van der Waals surface area contributed by atoms with E-state index in [1.165, 1.54) is 0 Å². The topological polar surface area (TPSA) is 40.5 Å². The Balaban J connectivity index is 3.04. The molecule has 0 heterocycles. The molecule has 0 fully saturated rings. The van der Waals surface area contributed by atoms with Gasteiger partial charge in [0, 0.05) is 12.5 Å². The largest absolute Gasteiger partial charge is 0.396 e. The third kappa shape index (κ3) is 2.39. The van der Waals surface area contributed by atoms with Crippen LogP contribution in [0.2, 0.25) is 0 Å². The second-order valence-electron chi connectivity index (χ2n) is 3.93. The van der Waals surface area contributed by atoms with Gasteiger partial charge in [-0.1, -0.05) is 44.2 Å². The highest BCUT2D eigenvalue weighted by Gasteiger charge is 2.34. The smallest absolute Gasteiger partial charge is 0.0943 e. The monoisotopic (exact) mass is 208 g/mol. The van der Waals surface area contributed by atoms with E-state index >= 15 is 0 Å². The van der Waals surface area contributed by atoms with E-state index in [0.29, 0.717) is 6.42 Å². The van der Waals surface area contributed by atoms with Crippen molar-refractivity contribution >= 4 is 0 Å². The zero-order valence-electron chi connectivity index (χ0n) is 9.48. The van der Waals surface area contributed by atoms with Crippen molar-refractivity contribution in [1.82, 2.24) is 0 Å². The van der Waals surface area contributed by atoms with E-state index in [9.17, 15) is 10.2 Å². The van der Waals surface area contributed by atoms with Gasteiger partial charge in [-0.25, -0.2) is 0 Å². The molecule has 0 saturated carbocycles. The summed E-state index contributed by atoms with van der Waals surface area (Å²) >= 11 is 0. The molecule has 0 aliphatic heterocycles. The van der Waals surface area contributed by atoms with Crippen molar-refractivity contribution in [1.29, 1.82) is 0 Å². The highest BCUT2D eigenvalue weighted by atomic mass is 16.3. The van der Waals surface area contributed by atoms with Gasteiger partial charge in [0.15, 0.2) is 0 Å². The number of aliphatic hydroxyl groups excluding tert-OH is 1. The Bertz CT molecular complexity index is 280. The summed E-state index contributed by atoms with van der Waals surface area (Å²) in [6.07, 6.45) is 1.39. The molecule has 2 nitrogen and oxygen atoms in total. The van der Waals surface area contributed by atoms with E-state index in [4.69, 9.17) is 0 Å². The molecular formula is C13H20O2. The Morgan fingerprint density at radius 1 is 1.20 bits per heavy atom. The van der Waals surface area contributed by atoms with E-state index in [-0.39, 0.29) is 12.5 Å². The first-order valence-electron chi connectivity index (χ1n) is 5.57. The second-order valence-corrected chi connectivity index (χ2v) is 3.93. The molecule has 15 heavy (non-hydrogen) atoms. The molecule has 0 aromatic heterocycles. The maximum Gasteiger partial charge on any atom is 0.0943 e. The molecule has 0 amide bonds. The average Bonchev–Trinajstić information content (AvgIpc) is 2.31. The predicted octanol–water partition coefficient (Wildman–Crippen LogP) is 2.30. The summed E-state index contributed by atoms with van der Waals surface area (Å²) in [5, 5.41) is 19.9. The van der Waals surface area contributed by atoms with Crippen LogP contribution in [0, 0.1) is 5.92 Å². The fourth-order valence-electron chi connectivity index (χ4n) is 2.07. The van der Waals surface area contributed by atoms with Crippen molar-refractivity contribution in [2.24, 2.45) is 5.92 Å². The van der Waals surface area contributed by atoms with Gasteiger partial charge in [0.05, 0.1) is 5.60 Å². The lowest BCUT2D eigenvalue weighted by Crippen LogP contribution is -2.36. The Hall–Kier alpha value is -0.860. The van der Waals surface area contributed by atoms with Gasteiger partial charge in [0.2, 0.25) is 0 Å². The minimum atomic E-state index is -0.898. The van der Waals surface area contributed by atoms with Crippen molar-refractivity contribution in [2.45, 2.75) is 32.3 Å². The molecule has 0 aliphatic carbocycles. The average molecular weight is 208 g/mol. The number of rotatable bonds is 5. The third-order valence-electron chi connectivity index (χ3n) is 3.20. The molecule has 2 atom stereocenters. The van der Waals surface area contributed by atoms with Gasteiger partial charge in [-0.2, -0.15) is 0 Å². The molecule has 84 valence electrons. The van der Waals surface area contributed by atoms with Gasteiger partial charge in [-0.3, -0.25) is 0 Å². The van der Waals surface area contributed by atoms with Crippen LogP contribution in [-0.4, -0.2) is 16.8 Å². The Kier molecular flexibility index (Phi) is 4.30. The minimum absolute atomic E-state index is 0.0235. The summed E-state index contributed by atoms with van der Waals surface area (Å²) in [6, 6.07) is 9.60. The quantitative estimate of drug-likeness (QED) is 0.779. The number of hydrogen-bond acceptors (Lipinski definition) is 2. The van der Waals surface area contributed by atoms with E-state index in [2.05, 4.69) is 0 Å². The molecule has 1 aromatic carbocycles. The van der Waals surface area contributed by atoms with Crippen LogP contribution in [0.1, 0.15) is 32.3 Å². The van der Waals surface area contributed by atoms with Gasteiger partial charge in [-0.15, -0.1) is 0 Å². The molecule has 0 saturated heterocycles. The van der Waals surface area contributed by atoms with Crippen LogP contribution in [0.15, 0.2) is 30.3 Å². The maximum atomic E-state index is 10.6. The van der Waals surface area contributed by atoms with Crippen molar-refractivity contribution in [3.8, 4) is 0 Å². The molecule has 2 N–H and O–H groups in total. The van der Waals surface area contributed by atoms with E-state index < -0.39 is 5.60 Å². The van der Waals surface area contributed by atoms with E-state index in [1.807, 2.05) is 44.2 Å². The second kappa shape index (κ2) is 5.29. The molecule has 1 aromatic rings. The minimum Gasteiger partial charge on any atom is -0.396 e. The molecule has 0 bridgehead atoms. The van der Waals surface area contributed by atoms with Crippen LogP contribution in [0.3, 0.4) is 0 Å². The summed E-state index contributed by atoms with van der Waals surface area (Å²) in [7, 11) is 0. The number of benzene rings is 1. The lowest BCUT2D eigenvalue weighted by Gasteiger charge is -2.34. The number of hydrogen-bond donors (Lipinski definition) is 2. The van der Waals surface area contributed by atoms with Crippen LogP contribution in [0.4, 0.5) is 0 Å². The van der Waals surface area contributed by atoms with Gasteiger partial charge in [0.25, 0.3) is 0 Å². The van der Waals surface area contributed by atoms with Crippen molar-refractivity contribution in [3.63, 3.8) is 0 Å². The van der Waals surface area contributed by atoms with E-state index in [0.717, 1.165) is 12.0 Å². The Morgan fingerprint density at radius 3 is 2.20 bits per heavy atom. The summed E-state index contributed by atoms with van der Waals surface area (Å²) in [6.45, 7) is 3.96. The summed E-state index contributed by atoms with van der Waals surface area (Å²) in [4.78, 5) is 0. The van der Waals surface area contributed by atoms with Crippen molar-refractivity contribution in [2.75, 3.05) is 6.61 Å². The zero-order chi connectivity index (χ0) is 11.3. The Morgan fingerprint density at radius 2 is 1.80 bits per heavy atom. The number of aliphatic hydroxyl groups is 2. The first-order chi connectivity index (χ1) is 7.19. The molecule has 0 spiro atoms.